The van der Waals surface area contributed by atoms with E-state index in [0.717, 1.165) is 27.6 Å². The van der Waals surface area contributed by atoms with Crippen LogP contribution in [0.2, 0.25) is 10.0 Å². The number of nitrogens with one attached hydrogen (secondary N) is 2. The molecule has 0 aliphatic heterocycles. The fourth-order valence-electron chi connectivity index (χ4n) is 2.89. The van der Waals surface area contributed by atoms with Gasteiger partial charge in [-0.25, -0.2) is 10.1 Å². The summed E-state index contributed by atoms with van der Waals surface area (Å²) in [6.07, 6.45) is 1.46. The van der Waals surface area contributed by atoms with Gasteiger partial charge in [0.15, 0.2) is 0 Å². The Morgan fingerprint density at radius 1 is 1.04 bits per heavy atom. The predicted molar refractivity (Wildman–Crippen MR) is 108 cm³/mol. The lowest BCUT2D eigenvalue weighted by Gasteiger charge is -2.15. The second-order valence-corrected chi connectivity index (χ2v) is 6.82. The minimum absolute atomic E-state index is 0.351. The average molecular weight is 399 g/mol. The fraction of sp³-hybridized carbons (Fsp3) is 0.100. The Balaban J connectivity index is 1.63. The molecule has 0 bridgehead atoms. The standard InChI is InChI=1S/C20H16Cl2N4O/c21-15-7-5-14(18(22)9-15)11-27-19-8-6-13-3-1-2-4-16(13)17(19)10-23-20-24-12-25-26-20/h1-9,12H,10-11H2,(H2,23,24,25,26). The van der Waals surface area contributed by atoms with Crippen LogP contribution in [-0.4, -0.2) is 15.2 Å². The number of ether oxygens (including phenoxy) is 1. The molecule has 1 heterocycles. The van der Waals surface area contributed by atoms with Crippen molar-refractivity contribution in [3.8, 4) is 5.75 Å². The summed E-state index contributed by atoms with van der Waals surface area (Å²) in [7, 11) is 0. The Kier molecular flexibility index (Phi) is 5.14. The molecule has 0 saturated carbocycles. The van der Waals surface area contributed by atoms with E-state index in [1.807, 2.05) is 30.3 Å². The van der Waals surface area contributed by atoms with Crippen molar-refractivity contribution in [2.45, 2.75) is 13.2 Å². The molecule has 0 spiro atoms. The van der Waals surface area contributed by atoms with Crippen LogP contribution in [0.4, 0.5) is 5.95 Å². The van der Waals surface area contributed by atoms with E-state index in [1.165, 1.54) is 6.33 Å². The van der Waals surface area contributed by atoms with E-state index in [0.29, 0.717) is 29.1 Å². The lowest BCUT2D eigenvalue weighted by atomic mass is 10.0. The van der Waals surface area contributed by atoms with Gasteiger partial charge in [-0.05, 0) is 29.0 Å². The van der Waals surface area contributed by atoms with Crippen molar-refractivity contribution in [1.29, 1.82) is 0 Å². The molecule has 0 atom stereocenters. The molecule has 136 valence electrons. The Morgan fingerprint density at radius 3 is 2.74 bits per heavy atom. The topological polar surface area (TPSA) is 62.8 Å². The first kappa shape index (κ1) is 17.6. The predicted octanol–water partition coefficient (Wildman–Crippen LogP) is 5.46. The molecular weight excluding hydrogens is 383 g/mol. The molecule has 4 rings (SSSR count). The quantitative estimate of drug-likeness (QED) is 0.452. The van der Waals surface area contributed by atoms with E-state index in [4.69, 9.17) is 27.9 Å². The summed E-state index contributed by atoms with van der Waals surface area (Å²) >= 11 is 12.2. The van der Waals surface area contributed by atoms with Gasteiger partial charge in [-0.15, -0.1) is 0 Å². The fourth-order valence-corrected chi connectivity index (χ4v) is 3.35. The van der Waals surface area contributed by atoms with Crippen LogP contribution in [0.15, 0.2) is 60.9 Å². The number of aromatic amines is 1. The third-order valence-corrected chi connectivity index (χ3v) is 4.83. The summed E-state index contributed by atoms with van der Waals surface area (Å²) in [6.45, 7) is 0.893. The number of rotatable bonds is 6. The van der Waals surface area contributed by atoms with Crippen LogP contribution in [0.1, 0.15) is 11.1 Å². The maximum atomic E-state index is 6.26. The van der Waals surface area contributed by atoms with Crippen molar-refractivity contribution in [3.63, 3.8) is 0 Å². The van der Waals surface area contributed by atoms with Crippen molar-refractivity contribution in [2.75, 3.05) is 5.32 Å². The van der Waals surface area contributed by atoms with Crippen molar-refractivity contribution in [1.82, 2.24) is 15.2 Å². The summed E-state index contributed by atoms with van der Waals surface area (Å²) in [5, 5.41) is 13.3. The molecule has 0 fully saturated rings. The molecule has 5 nitrogen and oxygen atoms in total. The number of anilines is 1. The SMILES string of the molecule is Clc1ccc(COc2ccc3ccccc3c2CNc2ncn[nH]2)c(Cl)c1. The minimum atomic E-state index is 0.351. The third-order valence-electron chi connectivity index (χ3n) is 4.24. The summed E-state index contributed by atoms with van der Waals surface area (Å²) in [5.74, 6) is 1.39. The molecule has 7 heteroatoms. The Morgan fingerprint density at radius 2 is 1.93 bits per heavy atom. The second kappa shape index (κ2) is 7.86. The number of hydrogen-bond acceptors (Lipinski definition) is 4. The maximum absolute atomic E-state index is 6.26. The highest BCUT2D eigenvalue weighted by Crippen LogP contribution is 2.30. The molecule has 1 aromatic heterocycles. The molecule has 0 unspecified atom stereocenters. The lowest BCUT2D eigenvalue weighted by molar-refractivity contribution is 0.304. The van der Waals surface area contributed by atoms with Gasteiger partial charge >= 0.3 is 0 Å². The van der Waals surface area contributed by atoms with Gasteiger partial charge in [0, 0.05) is 27.7 Å². The van der Waals surface area contributed by atoms with Gasteiger partial charge in [-0.3, -0.25) is 0 Å². The zero-order valence-corrected chi connectivity index (χ0v) is 15.8. The van der Waals surface area contributed by atoms with Gasteiger partial charge in [0.2, 0.25) is 5.95 Å². The Hall–Kier alpha value is -2.76. The van der Waals surface area contributed by atoms with Gasteiger partial charge in [-0.2, -0.15) is 5.10 Å². The van der Waals surface area contributed by atoms with E-state index in [9.17, 15) is 0 Å². The van der Waals surface area contributed by atoms with Crippen molar-refractivity contribution in [2.24, 2.45) is 0 Å². The molecule has 2 N–H and O–H groups in total. The molecule has 0 aliphatic rings. The van der Waals surface area contributed by atoms with E-state index in [2.05, 4.69) is 32.6 Å². The highest BCUT2D eigenvalue weighted by molar-refractivity contribution is 6.35. The summed E-state index contributed by atoms with van der Waals surface area (Å²) < 4.78 is 6.11. The Bertz CT molecular complexity index is 1070. The zero-order chi connectivity index (χ0) is 18.6. The summed E-state index contributed by atoms with van der Waals surface area (Å²) in [5.41, 5.74) is 1.91. The van der Waals surface area contributed by atoms with Crippen molar-refractivity contribution in [3.05, 3.63) is 82.1 Å². The number of H-pyrrole nitrogens is 1. The molecule has 0 amide bonds. The van der Waals surface area contributed by atoms with Crippen LogP contribution >= 0.6 is 23.2 Å². The molecule has 0 saturated heterocycles. The third kappa shape index (κ3) is 3.99. The number of hydrogen-bond donors (Lipinski definition) is 2. The second-order valence-electron chi connectivity index (χ2n) is 5.98. The van der Waals surface area contributed by atoms with Crippen LogP contribution in [-0.2, 0) is 13.2 Å². The molecule has 3 aromatic carbocycles. The van der Waals surface area contributed by atoms with Gasteiger partial charge in [-0.1, -0.05) is 59.6 Å². The monoisotopic (exact) mass is 398 g/mol. The van der Waals surface area contributed by atoms with Crippen molar-refractivity contribution < 1.29 is 4.74 Å². The summed E-state index contributed by atoms with van der Waals surface area (Å²) in [6, 6.07) is 17.6. The first-order valence-corrected chi connectivity index (χ1v) is 9.13. The molecule has 27 heavy (non-hydrogen) atoms. The van der Waals surface area contributed by atoms with Crippen LogP contribution in [0.5, 0.6) is 5.75 Å². The molecule has 4 aromatic rings. The van der Waals surface area contributed by atoms with E-state index in [1.54, 1.807) is 12.1 Å². The first-order valence-electron chi connectivity index (χ1n) is 8.37. The van der Waals surface area contributed by atoms with Crippen LogP contribution in [0, 0.1) is 0 Å². The number of benzene rings is 3. The van der Waals surface area contributed by atoms with Crippen molar-refractivity contribution >= 4 is 39.9 Å². The van der Waals surface area contributed by atoms with Crippen LogP contribution in [0.3, 0.4) is 0 Å². The maximum Gasteiger partial charge on any atom is 0.218 e. The van der Waals surface area contributed by atoms with Gasteiger partial charge in [0.1, 0.15) is 18.7 Å². The summed E-state index contributed by atoms with van der Waals surface area (Å²) in [4.78, 5) is 4.11. The number of nitrogens with zero attached hydrogens (tertiary/aromatic N) is 2. The van der Waals surface area contributed by atoms with Gasteiger partial charge < -0.3 is 10.1 Å². The van der Waals surface area contributed by atoms with E-state index >= 15 is 0 Å². The highest BCUT2D eigenvalue weighted by atomic mass is 35.5. The first-order chi connectivity index (χ1) is 13.2. The van der Waals surface area contributed by atoms with Crippen LogP contribution in [0.25, 0.3) is 10.8 Å². The smallest absolute Gasteiger partial charge is 0.218 e. The van der Waals surface area contributed by atoms with E-state index < -0.39 is 0 Å². The number of aromatic nitrogens is 3. The Labute approximate surface area is 166 Å². The van der Waals surface area contributed by atoms with Crippen LogP contribution < -0.4 is 10.1 Å². The van der Waals surface area contributed by atoms with E-state index in [-0.39, 0.29) is 0 Å². The average Bonchev–Trinajstić information content (AvgIpc) is 3.19. The van der Waals surface area contributed by atoms with Gasteiger partial charge in [0.25, 0.3) is 0 Å². The zero-order valence-electron chi connectivity index (χ0n) is 14.2. The molecular formula is C20H16Cl2N4O. The normalized spacial score (nSPS) is 10.9. The molecule has 0 aliphatic carbocycles. The minimum Gasteiger partial charge on any atom is -0.488 e. The highest BCUT2D eigenvalue weighted by Gasteiger charge is 2.11. The van der Waals surface area contributed by atoms with Gasteiger partial charge in [0.05, 0.1) is 0 Å². The molecule has 0 radical (unpaired) electrons. The largest absolute Gasteiger partial charge is 0.488 e. The number of fused-ring (bicyclic) bond motifs is 1. The lowest BCUT2D eigenvalue weighted by Crippen LogP contribution is -2.06. The number of halogens is 2.